The Morgan fingerprint density at radius 3 is 2.39 bits per heavy atom. The predicted octanol–water partition coefficient (Wildman–Crippen LogP) is 2.32. The lowest BCUT2D eigenvalue weighted by Gasteiger charge is -2.30. The molecule has 0 aliphatic heterocycles. The Kier molecular flexibility index (Phi) is 6.73. The van der Waals surface area contributed by atoms with Crippen molar-refractivity contribution in [2.24, 2.45) is 5.92 Å². The first kappa shape index (κ1) is 16.7. The number of hydrogen-bond donors (Lipinski definition) is 2. The van der Waals surface area contributed by atoms with E-state index in [9.17, 15) is 9.59 Å². The summed E-state index contributed by atoms with van der Waals surface area (Å²) < 4.78 is 0. The summed E-state index contributed by atoms with van der Waals surface area (Å²) in [5.41, 5.74) is -0.501. The SMILES string of the molecule is CCC(C)CN(C)C(=O)NC(C)(C)CCC(=O)O. The van der Waals surface area contributed by atoms with Gasteiger partial charge in [0.1, 0.15) is 0 Å². The van der Waals surface area contributed by atoms with Gasteiger partial charge in [0, 0.05) is 25.6 Å². The molecule has 0 aromatic rings. The second kappa shape index (κ2) is 7.24. The van der Waals surface area contributed by atoms with E-state index in [-0.39, 0.29) is 12.5 Å². The largest absolute Gasteiger partial charge is 0.481 e. The van der Waals surface area contributed by atoms with E-state index >= 15 is 0 Å². The Balaban J connectivity index is 4.23. The third-order valence-corrected chi connectivity index (χ3v) is 3.04. The molecule has 18 heavy (non-hydrogen) atoms. The summed E-state index contributed by atoms with van der Waals surface area (Å²) in [6, 6.07) is -0.148. The summed E-state index contributed by atoms with van der Waals surface area (Å²) in [6.45, 7) is 8.57. The van der Waals surface area contributed by atoms with E-state index < -0.39 is 11.5 Å². The maximum atomic E-state index is 11.9. The van der Waals surface area contributed by atoms with Crippen molar-refractivity contribution >= 4 is 12.0 Å². The molecule has 1 unspecified atom stereocenters. The molecule has 0 rings (SSSR count). The average molecular weight is 258 g/mol. The van der Waals surface area contributed by atoms with E-state index in [0.29, 0.717) is 18.9 Å². The van der Waals surface area contributed by atoms with Gasteiger partial charge in [-0.2, -0.15) is 0 Å². The van der Waals surface area contributed by atoms with Gasteiger partial charge in [-0.3, -0.25) is 4.79 Å². The second-order valence-electron chi connectivity index (χ2n) is 5.60. The van der Waals surface area contributed by atoms with Crippen molar-refractivity contribution in [1.82, 2.24) is 10.2 Å². The van der Waals surface area contributed by atoms with Crippen LogP contribution in [0.3, 0.4) is 0 Å². The molecule has 0 aliphatic rings. The Morgan fingerprint density at radius 1 is 1.39 bits per heavy atom. The summed E-state index contributed by atoms with van der Waals surface area (Å²) in [5, 5.41) is 11.5. The van der Waals surface area contributed by atoms with Crippen LogP contribution in [0.25, 0.3) is 0 Å². The highest BCUT2D eigenvalue weighted by Crippen LogP contribution is 2.12. The van der Waals surface area contributed by atoms with Gasteiger partial charge in [0.05, 0.1) is 0 Å². The van der Waals surface area contributed by atoms with Gasteiger partial charge in [0.25, 0.3) is 0 Å². The number of urea groups is 1. The molecule has 1 atom stereocenters. The third kappa shape index (κ3) is 7.14. The maximum Gasteiger partial charge on any atom is 0.317 e. The van der Waals surface area contributed by atoms with Crippen molar-refractivity contribution < 1.29 is 14.7 Å². The minimum absolute atomic E-state index is 0.0579. The highest BCUT2D eigenvalue weighted by Gasteiger charge is 2.23. The summed E-state index contributed by atoms with van der Waals surface area (Å²) in [6.07, 6.45) is 1.51. The van der Waals surface area contributed by atoms with Crippen molar-refractivity contribution in [3.63, 3.8) is 0 Å². The van der Waals surface area contributed by atoms with Gasteiger partial charge in [-0.15, -0.1) is 0 Å². The molecule has 5 heteroatoms. The van der Waals surface area contributed by atoms with Crippen LogP contribution in [0.15, 0.2) is 0 Å². The monoisotopic (exact) mass is 258 g/mol. The summed E-state index contributed by atoms with van der Waals surface area (Å²) in [4.78, 5) is 24.1. The van der Waals surface area contributed by atoms with E-state index in [1.807, 2.05) is 13.8 Å². The van der Waals surface area contributed by atoms with Crippen molar-refractivity contribution in [1.29, 1.82) is 0 Å². The van der Waals surface area contributed by atoms with Crippen LogP contribution in [-0.4, -0.2) is 41.1 Å². The topological polar surface area (TPSA) is 69.6 Å². The van der Waals surface area contributed by atoms with Crippen LogP contribution >= 0.6 is 0 Å². The lowest BCUT2D eigenvalue weighted by Crippen LogP contribution is -2.49. The van der Waals surface area contributed by atoms with Crippen LogP contribution in [0.1, 0.15) is 47.0 Å². The Bertz CT molecular complexity index is 290. The van der Waals surface area contributed by atoms with E-state index in [4.69, 9.17) is 5.11 Å². The molecule has 5 nitrogen and oxygen atoms in total. The average Bonchev–Trinajstić information content (AvgIpc) is 2.25. The fourth-order valence-electron chi connectivity index (χ4n) is 1.55. The molecule has 0 spiro atoms. The summed E-state index contributed by atoms with van der Waals surface area (Å²) in [7, 11) is 1.76. The van der Waals surface area contributed by atoms with Crippen LogP contribution in [0.4, 0.5) is 4.79 Å². The number of carboxylic acids is 1. The fourth-order valence-corrected chi connectivity index (χ4v) is 1.55. The Labute approximate surface area is 110 Å². The number of nitrogens with one attached hydrogen (secondary N) is 1. The number of carbonyl (C=O) groups is 2. The molecule has 2 N–H and O–H groups in total. The first-order chi connectivity index (χ1) is 8.18. The zero-order valence-electron chi connectivity index (χ0n) is 12.1. The Hall–Kier alpha value is -1.26. The van der Waals surface area contributed by atoms with Gasteiger partial charge < -0.3 is 15.3 Å². The van der Waals surface area contributed by atoms with E-state index in [1.165, 1.54) is 0 Å². The fraction of sp³-hybridized carbons (Fsp3) is 0.846. The smallest absolute Gasteiger partial charge is 0.317 e. The number of carbonyl (C=O) groups excluding carboxylic acids is 1. The number of hydrogen-bond acceptors (Lipinski definition) is 2. The van der Waals surface area contributed by atoms with Crippen molar-refractivity contribution in [2.75, 3.05) is 13.6 Å². The predicted molar refractivity (Wildman–Crippen MR) is 71.6 cm³/mol. The molecular formula is C13H26N2O3. The number of rotatable bonds is 7. The molecule has 2 amide bonds. The first-order valence-corrected chi connectivity index (χ1v) is 6.43. The lowest BCUT2D eigenvalue weighted by atomic mass is 9.99. The quantitative estimate of drug-likeness (QED) is 0.736. The van der Waals surface area contributed by atoms with E-state index in [2.05, 4.69) is 19.2 Å². The molecule has 0 bridgehead atoms. The highest BCUT2D eigenvalue weighted by atomic mass is 16.4. The highest BCUT2D eigenvalue weighted by molar-refractivity contribution is 5.75. The normalized spacial score (nSPS) is 12.9. The number of nitrogens with zero attached hydrogens (tertiary/aromatic N) is 1. The molecule has 0 heterocycles. The van der Waals surface area contributed by atoms with Gasteiger partial charge in [-0.05, 0) is 26.2 Å². The molecule has 0 fully saturated rings. The third-order valence-electron chi connectivity index (χ3n) is 3.04. The molecular weight excluding hydrogens is 232 g/mol. The minimum Gasteiger partial charge on any atom is -0.481 e. The summed E-state index contributed by atoms with van der Waals surface area (Å²) in [5.74, 6) is -0.381. The van der Waals surface area contributed by atoms with Gasteiger partial charge in [0.2, 0.25) is 0 Å². The van der Waals surface area contributed by atoms with E-state index in [0.717, 1.165) is 6.42 Å². The van der Waals surface area contributed by atoms with Crippen molar-refractivity contribution in [2.45, 2.75) is 52.5 Å². The molecule has 0 saturated carbocycles. The van der Waals surface area contributed by atoms with Crippen LogP contribution in [0.2, 0.25) is 0 Å². The first-order valence-electron chi connectivity index (χ1n) is 6.43. The molecule has 0 saturated heterocycles. The number of amides is 2. The Morgan fingerprint density at radius 2 is 1.94 bits per heavy atom. The van der Waals surface area contributed by atoms with Gasteiger partial charge >= 0.3 is 12.0 Å². The second-order valence-corrected chi connectivity index (χ2v) is 5.60. The standard InChI is InChI=1S/C13H26N2O3/c1-6-10(2)9-15(5)12(18)14-13(3,4)8-7-11(16)17/h10H,6-9H2,1-5H3,(H,14,18)(H,16,17). The molecule has 0 aromatic heterocycles. The van der Waals surface area contributed by atoms with Crippen LogP contribution < -0.4 is 5.32 Å². The number of aliphatic carboxylic acids is 1. The zero-order valence-corrected chi connectivity index (χ0v) is 12.1. The lowest BCUT2D eigenvalue weighted by molar-refractivity contribution is -0.137. The van der Waals surface area contributed by atoms with Crippen molar-refractivity contribution in [3.8, 4) is 0 Å². The molecule has 0 aliphatic carbocycles. The van der Waals surface area contributed by atoms with Crippen LogP contribution in [0, 0.1) is 5.92 Å². The molecule has 106 valence electrons. The maximum absolute atomic E-state index is 11.9. The van der Waals surface area contributed by atoms with Crippen LogP contribution in [0.5, 0.6) is 0 Å². The van der Waals surface area contributed by atoms with E-state index in [1.54, 1.807) is 11.9 Å². The number of carboxylic acid groups (broad SMARTS) is 1. The molecule has 0 aromatic carbocycles. The summed E-state index contributed by atoms with van der Waals surface area (Å²) >= 11 is 0. The van der Waals surface area contributed by atoms with Gasteiger partial charge in [-0.1, -0.05) is 20.3 Å². The zero-order chi connectivity index (χ0) is 14.3. The van der Waals surface area contributed by atoms with Crippen LogP contribution in [-0.2, 0) is 4.79 Å². The van der Waals surface area contributed by atoms with Gasteiger partial charge in [0.15, 0.2) is 0 Å². The molecule has 0 radical (unpaired) electrons. The van der Waals surface area contributed by atoms with Gasteiger partial charge in [-0.25, -0.2) is 4.79 Å². The minimum atomic E-state index is -0.842. The van der Waals surface area contributed by atoms with Crippen molar-refractivity contribution in [3.05, 3.63) is 0 Å².